The van der Waals surface area contributed by atoms with Crippen molar-refractivity contribution in [3.8, 4) is 0 Å². The Morgan fingerprint density at radius 1 is 1.29 bits per heavy atom. The van der Waals surface area contributed by atoms with Gasteiger partial charge in [0, 0.05) is 0 Å². The predicted octanol–water partition coefficient (Wildman–Crippen LogP) is 2.70. The van der Waals surface area contributed by atoms with Gasteiger partial charge in [-0.25, -0.2) is 8.78 Å². The van der Waals surface area contributed by atoms with Crippen molar-refractivity contribution in [3.63, 3.8) is 0 Å². The third-order valence-electron chi connectivity index (χ3n) is 1.63. The molecule has 1 N–H and O–H groups in total. The zero-order chi connectivity index (χ0) is 10.9. The molecule has 0 amide bonds. The summed E-state index contributed by atoms with van der Waals surface area (Å²) in [5.74, 6) is -6.44. The number of aliphatic hydroxyl groups excluding tert-OH is 1. The van der Waals surface area contributed by atoms with E-state index in [1.165, 1.54) is 0 Å². The third kappa shape index (κ3) is 1.83. The number of aliphatic hydroxyl groups is 1. The lowest BCUT2D eigenvalue weighted by atomic mass is 10.1. The quantitative estimate of drug-likeness (QED) is 0.610. The second kappa shape index (κ2) is 3.74. The van der Waals surface area contributed by atoms with Crippen molar-refractivity contribution < 1.29 is 22.7 Å². The molecule has 78 valence electrons. The Morgan fingerprint density at radius 3 is 2.36 bits per heavy atom. The molecule has 0 aliphatic heterocycles. The number of rotatable bonds is 2. The smallest absolute Gasteiger partial charge is 0.298 e. The minimum Gasteiger partial charge on any atom is -0.390 e. The van der Waals surface area contributed by atoms with Gasteiger partial charge in [0.1, 0.15) is 17.4 Å². The maximum atomic E-state index is 13.0. The molecule has 1 aromatic carbocycles. The molecular weight excluding hydrogens is 224 g/mol. The van der Waals surface area contributed by atoms with Crippen molar-refractivity contribution in [2.24, 2.45) is 0 Å². The van der Waals surface area contributed by atoms with E-state index < -0.39 is 34.7 Å². The third-order valence-corrected chi connectivity index (χ3v) is 1.97. The first-order valence-corrected chi connectivity index (χ1v) is 3.90. The average Bonchev–Trinajstić information content (AvgIpc) is 2.14. The van der Waals surface area contributed by atoms with Crippen LogP contribution in [0.5, 0.6) is 0 Å². The molecule has 0 aliphatic carbocycles. The van der Waals surface area contributed by atoms with Crippen molar-refractivity contribution in [2.75, 3.05) is 6.61 Å². The van der Waals surface area contributed by atoms with Gasteiger partial charge in [0.2, 0.25) is 0 Å². The fourth-order valence-electron chi connectivity index (χ4n) is 0.894. The molecular formula is C8H5ClF4O. The minimum atomic E-state index is -3.76. The van der Waals surface area contributed by atoms with Gasteiger partial charge in [0.15, 0.2) is 5.82 Å². The average molecular weight is 229 g/mol. The molecule has 0 fully saturated rings. The van der Waals surface area contributed by atoms with E-state index in [-0.39, 0.29) is 0 Å². The van der Waals surface area contributed by atoms with E-state index in [9.17, 15) is 17.6 Å². The Bertz CT molecular complexity index is 353. The van der Waals surface area contributed by atoms with Crippen molar-refractivity contribution >= 4 is 11.6 Å². The monoisotopic (exact) mass is 228 g/mol. The molecule has 0 atom stereocenters. The maximum absolute atomic E-state index is 13.0. The van der Waals surface area contributed by atoms with Crippen LogP contribution >= 0.6 is 11.6 Å². The van der Waals surface area contributed by atoms with Gasteiger partial charge >= 0.3 is 0 Å². The Balaban J connectivity index is 3.31. The molecule has 0 unspecified atom stereocenters. The van der Waals surface area contributed by atoms with Crippen LogP contribution in [0.3, 0.4) is 0 Å². The normalized spacial score (nSPS) is 11.9. The van der Waals surface area contributed by atoms with Crippen LogP contribution in [0.4, 0.5) is 17.6 Å². The topological polar surface area (TPSA) is 20.2 Å². The zero-order valence-corrected chi connectivity index (χ0v) is 7.45. The van der Waals surface area contributed by atoms with Crippen LogP contribution in [0.2, 0.25) is 5.02 Å². The van der Waals surface area contributed by atoms with E-state index in [1.807, 2.05) is 0 Å². The summed E-state index contributed by atoms with van der Waals surface area (Å²) in [5.41, 5.74) is -1.12. The number of hydrogen-bond acceptors (Lipinski definition) is 1. The van der Waals surface area contributed by atoms with Gasteiger partial charge in [-0.05, 0) is 12.1 Å². The van der Waals surface area contributed by atoms with E-state index in [4.69, 9.17) is 16.7 Å². The van der Waals surface area contributed by atoms with Gasteiger partial charge in [0.25, 0.3) is 5.92 Å². The van der Waals surface area contributed by atoms with Crippen molar-refractivity contribution in [1.29, 1.82) is 0 Å². The van der Waals surface area contributed by atoms with Crippen molar-refractivity contribution in [3.05, 3.63) is 34.4 Å². The van der Waals surface area contributed by atoms with Crippen LogP contribution < -0.4 is 0 Å². The summed E-state index contributed by atoms with van der Waals surface area (Å²) in [4.78, 5) is 0. The van der Waals surface area contributed by atoms with E-state index in [0.29, 0.717) is 12.1 Å². The summed E-state index contributed by atoms with van der Waals surface area (Å²) < 4.78 is 51.1. The molecule has 1 nitrogen and oxygen atoms in total. The van der Waals surface area contributed by atoms with Gasteiger partial charge in [-0.3, -0.25) is 0 Å². The lowest BCUT2D eigenvalue weighted by Crippen LogP contribution is -2.20. The summed E-state index contributed by atoms with van der Waals surface area (Å²) in [5, 5.41) is 7.27. The molecule has 6 heteroatoms. The molecule has 14 heavy (non-hydrogen) atoms. The van der Waals surface area contributed by atoms with Crippen LogP contribution in [-0.4, -0.2) is 11.7 Å². The fraction of sp³-hybridized carbons (Fsp3) is 0.250. The number of hydrogen-bond donors (Lipinski definition) is 1. The fourth-order valence-corrected chi connectivity index (χ4v) is 1.06. The molecule has 0 saturated carbocycles. The Hall–Kier alpha value is -0.810. The van der Waals surface area contributed by atoms with Gasteiger partial charge in [-0.2, -0.15) is 8.78 Å². The highest BCUT2D eigenvalue weighted by atomic mass is 35.5. The van der Waals surface area contributed by atoms with Crippen molar-refractivity contribution in [2.45, 2.75) is 5.92 Å². The van der Waals surface area contributed by atoms with E-state index in [1.54, 1.807) is 0 Å². The minimum absolute atomic E-state index is 0.548. The molecule has 1 aromatic rings. The number of halogens is 5. The summed E-state index contributed by atoms with van der Waals surface area (Å²) in [6, 6.07) is 1.16. The Labute approximate surface area is 81.9 Å². The van der Waals surface area contributed by atoms with E-state index in [2.05, 4.69) is 0 Å². The maximum Gasteiger partial charge on any atom is 0.298 e. The summed E-state index contributed by atoms with van der Waals surface area (Å²) in [7, 11) is 0. The standard InChI is InChI=1S/C8H5ClF4O/c9-6-5(10)2-1-4(7(6)11)8(12,13)3-14/h1-2,14H,3H2. The predicted molar refractivity (Wildman–Crippen MR) is 42.3 cm³/mol. The van der Waals surface area contributed by atoms with E-state index >= 15 is 0 Å². The molecule has 0 radical (unpaired) electrons. The first-order valence-electron chi connectivity index (χ1n) is 3.53. The summed E-state index contributed by atoms with van der Waals surface area (Å²) in [6.45, 7) is -1.56. The molecule has 1 rings (SSSR count). The highest BCUT2D eigenvalue weighted by Gasteiger charge is 2.35. The van der Waals surface area contributed by atoms with Gasteiger partial charge < -0.3 is 5.11 Å². The SMILES string of the molecule is OCC(F)(F)c1ccc(F)c(Cl)c1F. The summed E-state index contributed by atoms with van der Waals surface area (Å²) in [6.07, 6.45) is 0. The number of alkyl halides is 2. The molecule has 0 heterocycles. The second-order valence-electron chi connectivity index (χ2n) is 2.59. The Morgan fingerprint density at radius 2 is 1.86 bits per heavy atom. The van der Waals surface area contributed by atoms with Crippen molar-refractivity contribution in [1.82, 2.24) is 0 Å². The highest BCUT2D eigenvalue weighted by molar-refractivity contribution is 6.30. The molecule has 0 bridgehead atoms. The van der Waals surface area contributed by atoms with Crippen LogP contribution in [0, 0.1) is 11.6 Å². The van der Waals surface area contributed by atoms with Gasteiger partial charge in [-0.15, -0.1) is 0 Å². The first kappa shape index (κ1) is 11.3. The molecule has 0 aromatic heterocycles. The lowest BCUT2D eigenvalue weighted by molar-refractivity contribution is -0.0583. The number of benzene rings is 1. The molecule has 0 saturated heterocycles. The molecule has 0 aliphatic rings. The molecule has 0 spiro atoms. The van der Waals surface area contributed by atoms with Crippen LogP contribution in [0.1, 0.15) is 5.56 Å². The first-order chi connectivity index (χ1) is 6.40. The second-order valence-corrected chi connectivity index (χ2v) is 2.96. The van der Waals surface area contributed by atoms with Crippen LogP contribution in [0.15, 0.2) is 12.1 Å². The summed E-state index contributed by atoms with van der Waals surface area (Å²) >= 11 is 5.08. The van der Waals surface area contributed by atoms with Gasteiger partial charge in [-0.1, -0.05) is 11.6 Å². The van der Waals surface area contributed by atoms with Gasteiger partial charge in [0.05, 0.1) is 5.56 Å². The highest BCUT2D eigenvalue weighted by Crippen LogP contribution is 2.33. The van der Waals surface area contributed by atoms with Crippen LogP contribution in [-0.2, 0) is 5.92 Å². The Kier molecular flexibility index (Phi) is 3.01. The largest absolute Gasteiger partial charge is 0.390 e. The lowest BCUT2D eigenvalue weighted by Gasteiger charge is -2.14. The van der Waals surface area contributed by atoms with Crippen LogP contribution in [0.25, 0.3) is 0 Å². The zero-order valence-electron chi connectivity index (χ0n) is 6.70. The van der Waals surface area contributed by atoms with E-state index in [0.717, 1.165) is 0 Å².